The summed E-state index contributed by atoms with van der Waals surface area (Å²) in [5, 5.41) is 1.14. The molecule has 3 aromatic rings. The number of carbonyl (C=O) groups excluding carboxylic acids is 1. The molecule has 0 amide bonds. The largest absolute Gasteiger partial charge is 0.361 e. The summed E-state index contributed by atoms with van der Waals surface area (Å²) in [6, 6.07) is 16.0. The number of ketones is 1. The van der Waals surface area contributed by atoms with Crippen LogP contribution < -0.4 is 0 Å². The van der Waals surface area contributed by atoms with Gasteiger partial charge in [0.05, 0.1) is 0 Å². The predicted octanol–water partition coefficient (Wildman–Crippen LogP) is 4.04. The first kappa shape index (κ1) is 10.8. The summed E-state index contributed by atoms with van der Waals surface area (Å²) in [6.45, 7) is 1.59. The Kier molecular flexibility index (Phi) is 2.49. The molecule has 1 heterocycles. The highest BCUT2D eigenvalue weighted by molar-refractivity contribution is 6.01. The van der Waals surface area contributed by atoms with E-state index in [2.05, 4.69) is 17.1 Å². The quantitative estimate of drug-likeness (QED) is 0.668. The van der Waals surface area contributed by atoms with Gasteiger partial charge in [-0.3, -0.25) is 4.79 Å². The van der Waals surface area contributed by atoms with Crippen molar-refractivity contribution in [3.8, 4) is 11.1 Å². The van der Waals surface area contributed by atoms with Gasteiger partial charge in [0.25, 0.3) is 0 Å². The minimum Gasteiger partial charge on any atom is -0.361 e. The van der Waals surface area contributed by atoms with Crippen LogP contribution in [-0.2, 0) is 0 Å². The molecule has 2 heteroatoms. The lowest BCUT2D eigenvalue weighted by molar-refractivity contribution is 0.101. The van der Waals surface area contributed by atoms with Crippen LogP contribution in [0, 0.1) is 0 Å². The summed E-state index contributed by atoms with van der Waals surface area (Å²) in [6.07, 6.45) is 1.99. The fraction of sp³-hybridized carbons (Fsp3) is 0.0625. The molecule has 0 aliphatic carbocycles. The lowest BCUT2D eigenvalue weighted by Crippen LogP contribution is -1.90. The maximum atomic E-state index is 11.4. The van der Waals surface area contributed by atoms with E-state index in [0.717, 1.165) is 16.5 Å². The molecule has 1 N–H and O–H groups in total. The number of aromatic amines is 1. The van der Waals surface area contributed by atoms with Crippen molar-refractivity contribution >= 4 is 16.7 Å². The molecule has 0 radical (unpaired) electrons. The first-order valence-electron chi connectivity index (χ1n) is 5.93. The van der Waals surface area contributed by atoms with Crippen molar-refractivity contribution in [2.45, 2.75) is 6.92 Å². The highest BCUT2D eigenvalue weighted by Gasteiger charge is 2.07. The second-order valence-electron chi connectivity index (χ2n) is 4.38. The van der Waals surface area contributed by atoms with Crippen molar-refractivity contribution in [2.75, 3.05) is 0 Å². The molecule has 2 nitrogen and oxygen atoms in total. The van der Waals surface area contributed by atoms with Crippen LogP contribution in [0.4, 0.5) is 0 Å². The van der Waals surface area contributed by atoms with Gasteiger partial charge in [-0.2, -0.15) is 0 Å². The standard InChI is InChI=1S/C16H13NO/c1-11(18)13-7-8-14-15(10-17-16(14)9-13)12-5-3-2-4-6-12/h2-10,17H,1H3. The Bertz CT molecular complexity index is 710. The third-order valence-electron chi connectivity index (χ3n) is 3.17. The summed E-state index contributed by atoms with van der Waals surface area (Å²) >= 11 is 0. The van der Waals surface area contributed by atoms with E-state index in [-0.39, 0.29) is 5.78 Å². The molecule has 0 saturated carbocycles. The average Bonchev–Trinajstić information content (AvgIpc) is 2.82. The zero-order valence-corrected chi connectivity index (χ0v) is 10.1. The van der Waals surface area contributed by atoms with Crippen LogP contribution in [0.2, 0.25) is 0 Å². The van der Waals surface area contributed by atoms with Crippen molar-refractivity contribution in [3.05, 3.63) is 60.3 Å². The Labute approximate surface area is 105 Å². The van der Waals surface area contributed by atoms with E-state index in [1.165, 1.54) is 11.1 Å². The van der Waals surface area contributed by atoms with Crippen LogP contribution in [0.3, 0.4) is 0 Å². The Morgan fingerprint density at radius 3 is 2.56 bits per heavy atom. The maximum Gasteiger partial charge on any atom is 0.159 e. The first-order valence-corrected chi connectivity index (χ1v) is 5.93. The van der Waals surface area contributed by atoms with Crippen molar-refractivity contribution in [2.24, 2.45) is 0 Å². The summed E-state index contributed by atoms with van der Waals surface area (Å²) in [7, 11) is 0. The fourth-order valence-electron chi connectivity index (χ4n) is 2.20. The number of fused-ring (bicyclic) bond motifs is 1. The van der Waals surface area contributed by atoms with Crippen LogP contribution in [0.5, 0.6) is 0 Å². The average molecular weight is 235 g/mol. The van der Waals surface area contributed by atoms with E-state index >= 15 is 0 Å². The minimum atomic E-state index is 0.0905. The predicted molar refractivity (Wildman–Crippen MR) is 73.7 cm³/mol. The van der Waals surface area contributed by atoms with Gasteiger partial charge in [0.1, 0.15) is 0 Å². The highest BCUT2D eigenvalue weighted by Crippen LogP contribution is 2.28. The number of hydrogen-bond donors (Lipinski definition) is 1. The molecule has 1 aromatic heterocycles. The first-order chi connectivity index (χ1) is 8.75. The van der Waals surface area contributed by atoms with Crippen molar-refractivity contribution in [1.82, 2.24) is 4.98 Å². The monoisotopic (exact) mass is 235 g/mol. The minimum absolute atomic E-state index is 0.0905. The topological polar surface area (TPSA) is 32.9 Å². The van der Waals surface area contributed by atoms with E-state index in [0.29, 0.717) is 0 Å². The second kappa shape index (κ2) is 4.15. The van der Waals surface area contributed by atoms with Gasteiger partial charge >= 0.3 is 0 Å². The molecule has 18 heavy (non-hydrogen) atoms. The molecule has 0 fully saturated rings. The molecule has 0 aliphatic rings. The summed E-state index contributed by atoms with van der Waals surface area (Å²) in [5.41, 5.74) is 4.09. The number of H-pyrrole nitrogens is 1. The third kappa shape index (κ3) is 1.72. The normalized spacial score (nSPS) is 10.7. The zero-order chi connectivity index (χ0) is 12.5. The molecule has 0 saturated heterocycles. The smallest absolute Gasteiger partial charge is 0.159 e. The fourth-order valence-corrected chi connectivity index (χ4v) is 2.20. The van der Waals surface area contributed by atoms with Crippen molar-refractivity contribution in [1.29, 1.82) is 0 Å². The van der Waals surface area contributed by atoms with Gasteiger partial charge in [-0.05, 0) is 18.6 Å². The molecule has 0 aliphatic heterocycles. The van der Waals surface area contributed by atoms with Crippen LogP contribution in [-0.4, -0.2) is 10.8 Å². The third-order valence-corrected chi connectivity index (χ3v) is 3.17. The molecule has 0 atom stereocenters. The van der Waals surface area contributed by atoms with Gasteiger partial charge in [0, 0.05) is 28.2 Å². The molecule has 0 spiro atoms. The van der Waals surface area contributed by atoms with Crippen LogP contribution in [0.25, 0.3) is 22.0 Å². The molecule has 3 rings (SSSR count). The summed E-state index contributed by atoms with van der Waals surface area (Å²) in [5.74, 6) is 0.0905. The van der Waals surface area contributed by atoms with Gasteiger partial charge < -0.3 is 4.98 Å². The van der Waals surface area contributed by atoms with E-state index in [1.807, 2.05) is 42.6 Å². The van der Waals surface area contributed by atoms with E-state index in [1.54, 1.807) is 6.92 Å². The second-order valence-corrected chi connectivity index (χ2v) is 4.38. The Balaban J connectivity index is 2.19. The van der Waals surface area contributed by atoms with Gasteiger partial charge in [-0.1, -0.05) is 42.5 Å². The number of hydrogen-bond acceptors (Lipinski definition) is 1. The number of carbonyl (C=O) groups is 1. The van der Waals surface area contributed by atoms with Gasteiger partial charge in [0.15, 0.2) is 5.78 Å². The summed E-state index contributed by atoms with van der Waals surface area (Å²) in [4.78, 5) is 14.6. The highest BCUT2D eigenvalue weighted by atomic mass is 16.1. The van der Waals surface area contributed by atoms with Crippen LogP contribution in [0.15, 0.2) is 54.7 Å². The lowest BCUT2D eigenvalue weighted by atomic mass is 10.0. The van der Waals surface area contributed by atoms with Crippen molar-refractivity contribution < 1.29 is 4.79 Å². The number of Topliss-reactive ketones (excluding diaryl/α,β-unsaturated/α-hetero) is 1. The van der Waals surface area contributed by atoms with Crippen LogP contribution in [0.1, 0.15) is 17.3 Å². The lowest BCUT2D eigenvalue weighted by Gasteiger charge is -2.00. The molecule has 0 bridgehead atoms. The Morgan fingerprint density at radius 2 is 1.83 bits per heavy atom. The molecule has 88 valence electrons. The SMILES string of the molecule is CC(=O)c1ccc2c(-c3ccccc3)c[nH]c2c1. The number of benzene rings is 2. The van der Waals surface area contributed by atoms with Gasteiger partial charge in [-0.15, -0.1) is 0 Å². The molecular formula is C16H13NO. The Hall–Kier alpha value is -2.35. The maximum absolute atomic E-state index is 11.4. The van der Waals surface area contributed by atoms with E-state index in [4.69, 9.17) is 0 Å². The van der Waals surface area contributed by atoms with Crippen molar-refractivity contribution in [3.63, 3.8) is 0 Å². The zero-order valence-electron chi connectivity index (χ0n) is 10.1. The summed E-state index contributed by atoms with van der Waals surface area (Å²) < 4.78 is 0. The number of rotatable bonds is 2. The van der Waals surface area contributed by atoms with E-state index in [9.17, 15) is 4.79 Å². The molecule has 2 aromatic carbocycles. The number of nitrogens with one attached hydrogen (secondary N) is 1. The number of aromatic nitrogens is 1. The van der Waals surface area contributed by atoms with E-state index < -0.39 is 0 Å². The van der Waals surface area contributed by atoms with Gasteiger partial charge in [0.2, 0.25) is 0 Å². The molecule has 0 unspecified atom stereocenters. The Morgan fingerprint density at radius 1 is 1.06 bits per heavy atom. The van der Waals surface area contributed by atoms with Crippen LogP contribution >= 0.6 is 0 Å². The van der Waals surface area contributed by atoms with Gasteiger partial charge in [-0.25, -0.2) is 0 Å². The molecular weight excluding hydrogens is 222 g/mol.